The third-order valence-electron chi connectivity index (χ3n) is 3.28. The summed E-state index contributed by atoms with van der Waals surface area (Å²) in [5.74, 6) is -0.610. The van der Waals surface area contributed by atoms with Gasteiger partial charge in [0.1, 0.15) is 0 Å². The Morgan fingerprint density at radius 2 is 1.88 bits per heavy atom. The Balaban J connectivity index is 2.27. The highest BCUT2D eigenvalue weighted by atomic mass is 19.4. The Morgan fingerprint density at radius 3 is 2.31 bits per heavy atom. The summed E-state index contributed by atoms with van der Waals surface area (Å²) in [4.78, 5) is 2.13. The molecule has 5 heteroatoms. The van der Waals surface area contributed by atoms with Crippen molar-refractivity contribution < 1.29 is 13.2 Å². The second-order valence-electron chi connectivity index (χ2n) is 4.80. The predicted molar refractivity (Wildman–Crippen MR) is 58.1 cm³/mol. The summed E-state index contributed by atoms with van der Waals surface area (Å²) in [6.45, 7) is 4.77. The van der Waals surface area contributed by atoms with Crippen molar-refractivity contribution in [2.24, 2.45) is 17.6 Å². The van der Waals surface area contributed by atoms with E-state index in [0.717, 1.165) is 13.0 Å². The van der Waals surface area contributed by atoms with Crippen LogP contribution in [0.5, 0.6) is 0 Å². The molecule has 1 aliphatic rings. The lowest BCUT2D eigenvalue weighted by molar-refractivity contribution is -0.185. The molecule has 1 saturated heterocycles. The van der Waals surface area contributed by atoms with Crippen LogP contribution in [0.25, 0.3) is 0 Å². The van der Waals surface area contributed by atoms with Crippen LogP contribution in [0.4, 0.5) is 13.2 Å². The zero-order valence-corrected chi connectivity index (χ0v) is 9.76. The maximum absolute atomic E-state index is 12.4. The van der Waals surface area contributed by atoms with E-state index >= 15 is 0 Å². The lowest BCUT2D eigenvalue weighted by atomic mass is 9.95. The Bertz CT molecular complexity index is 198. The molecule has 0 aliphatic carbocycles. The molecule has 1 atom stereocenters. The zero-order chi connectivity index (χ0) is 12.2. The smallest absolute Gasteiger partial charge is 0.330 e. The van der Waals surface area contributed by atoms with E-state index in [9.17, 15) is 13.2 Å². The van der Waals surface area contributed by atoms with E-state index in [0.29, 0.717) is 25.6 Å². The summed E-state index contributed by atoms with van der Waals surface area (Å²) >= 11 is 0. The van der Waals surface area contributed by atoms with Gasteiger partial charge in [0.15, 0.2) is 0 Å². The summed E-state index contributed by atoms with van der Waals surface area (Å²) in [5, 5.41) is 0. The molecule has 1 aliphatic heterocycles. The van der Waals surface area contributed by atoms with Gasteiger partial charge < -0.3 is 10.6 Å². The summed E-state index contributed by atoms with van der Waals surface area (Å²) in [7, 11) is 0. The van der Waals surface area contributed by atoms with E-state index in [2.05, 4.69) is 11.8 Å². The van der Waals surface area contributed by atoms with Crippen LogP contribution < -0.4 is 5.73 Å². The van der Waals surface area contributed by atoms with Crippen molar-refractivity contribution >= 4 is 0 Å². The summed E-state index contributed by atoms with van der Waals surface area (Å²) in [6.07, 6.45) is -2.56. The van der Waals surface area contributed by atoms with Crippen LogP contribution in [0.3, 0.4) is 0 Å². The molecule has 0 spiro atoms. The van der Waals surface area contributed by atoms with E-state index < -0.39 is 12.1 Å². The molecule has 0 aromatic carbocycles. The van der Waals surface area contributed by atoms with Crippen molar-refractivity contribution in [3.05, 3.63) is 0 Å². The molecule has 0 radical (unpaired) electrons. The van der Waals surface area contributed by atoms with Crippen molar-refractivity contribution in [1.82, 2.24) is 4.90 Å². The van der Waals surface area contributed by atoms with Crippen LogP contribution in [0.1, 0.15) is 26.2 Å². The standard InChI is InChI=1S/C11H21F3N2/c1-9(2-5-15)8-16-6-3-10(4-7-16)11(12,13)14/h9-10H,2-8,15H2,1H3. The first-order valence-electron chi connectivity index (χ1n) is 5.92. The second-order valence-corrected chi connectivity index (χ2v) is 4.80. The molecular weight excluding hydrogens is 217 g/mol. The summed E-state index contributed by atoms with van der Waals surface area (Å²) in [5.41, 5.74) is 5.45. The third kappa shape index (κ3) is 4.29. The fourth-order valence-corrected chi connectivity index (χ4v) is 2.26. The van der Waals surface area contributed by atoms with Crippen LogP contribution in [-0.2, 0) is 0 Å². The Labute approximate surface area is 95.0 Å². The number of hydrogen-bond acceptors (Lipinski definition) is 2. The highest BCUT2D eigenvalue weighted by Crippen LogP contribution is 2.34. The SMILES string of the molecule is CC(CCN)CN1CCC(C(F)(F)F)CC1. The first-order valence-corrected chi connectivity index (χ1v) is 5.92. The summed E-state index contributed by atoms with van der Waals surface area (Å²) in [6, 6.07) is 0. The number of alkyl halides is 3. The first kappa shape index (κ1) is 13.8. The average Bonchev–Trinajstić information content (AvgIpc) is 2.17. The largest absolute Gasteiger partial charge is 0.391 e. The molecular formula is C11H21F3N2. The molecule has 0 amide bonds. The van der Waals surface area contributed by atoms with Gasteiger partial charge in [0, 0.05) is 6.54 Å². The number of halogens is 3. The molecule has 2 nitrogen and oxygen atoms in total. The van der Waals surface area contributed by atoms with Gasteiger partial charge in [-0.25, -0.2) is 0 Å². The minimum absolute atomic E-state index is 0.249. The highest BCUT2D eigenvalue weighted by Gasteiger charge is 2.40. The van der Waals surface area contributed by atoms with Crippen LogP contribution in [-0.4, -0.2) is 37.3 Å². The molecule has 16 heavy (non-hydrogen) atoms. The molecule has 1 rings (SSSR count). The van der Waals surface area contributed by atoms with Gasteiger partial charge >= 0.3 is 6.18 Å². The highest BCUT2D eigenvalue weighted by molar-refractivity contribution is 4.77. The monoisotopic (exact) mass is 238 g/mol. The average molecular weight is 238 g/mol. The van der Waals surface area contributed by atoms with Gasteiger partial charge in [-0.1, -0.05) is 6.92 Å². The van der Waals surface area contributed by atoms with Crippen molar-refractivity contribution in [3.8, 4) is 0 Å². The first-order chi connectivity index (χ1) is 7.43. The van der Waals surface area contributed by atoms with Gasteiger partial charge in [-0.2, -0.15) is 13.2 Å². The Morgan fingerprint density at radius 1 is 1.31 bits per heavy atom. The zero-order valence-electron chi connectivity index (χ0n) is 9.76. The minimum Gasteiger partial charge on any atom is -0.330 e. The number of likely N-dealkylation sites (tertiary alicyclic amines) is 1. The minimum atomic E-state index is -4.00. The van der Waals surface area contributed by atoms with Crippen molar-refractivity contribution in [2.45, 2.75) is 32.4 Å². The predicted octanol–water partition coefficient (Wildman–Crippen LogP) is 2.25. The number of rotatable bonds is 4. The van der Waals surface area contributed by atoms with E-state index in [-0.39, 0.29) is 12.8 Å². The van der Waals surface area contributed by atoms with Gasteiger partial charge in [0.2, 0.25) is 0 Å². The third-order valence-corrected chi connectivity index (χ3v) is 3.28. The molecule has 1 heterocycles. The van der Waals surface area contributed by atoms with Crippen LogP contribution >= 0.6 is 0 Å². The fraction of sp³-hybridized carbons (Fsp3) is 1.00. The van der Waals surface area contributed by atoms with Gasteiger partial charge in [-0.05, 0) is 44.8 Å². The molecule has 96 valence electrons. The van der Waals surface area contributed by atoms with Crippen LogP contribution in [0, 0.1) is 11.8 Å². The van der Waals surface area contributed by atoms with Crippen LogP contribution in [0.2, 0.25) is 0 Å². The fourth-order valence-electron chi connectivity index (χ4n) is 2.26. The van der Waals surface area contributed by atoms with Crippen molar-refractivity contribution in [2.75, 3.05) is 26.2 Å². The number of piperidine rings is 1. The van der Waals surface area contributed by atoms with E-state index in [1.54, 1.807) is 0 Å². The maximum atomic E-state index is 12.4. The molecule has 1 fully saturated rings. The summed E-state index contributed by atoms with van der Waals surface area (Å²) < 4.78 is 37.2. The number of nitrogens with zero attached hydrogens (tertiary/aromatic N) is 1. The number of hydrogen-bond donors (Lipinski definition) is 1. The maximum Gasteiger partial charge on any atom is 0.391 e. The molecule has 0 saturated carbocycles. The Hall–Kier alpha value is -0.290. The van der Waals surface area contributed by atoms with Crippen molar-refractivity contribution in [1.29, 1.82) is 0 Å². The van der Waals surface area contributed by atoms with Gasteiger partial charge in [-0.15, -0.1) is 0 Å². The van der Waals surface area contributed by atoms with E-state index in [1.165, 1.54) is 0 Å². The van der Waals surface area contributed by atoms with E-state index in [4.69, 9.17) is 5.73 Å². The lowest BCUT2D eigenvalue weighted by Crippen LogP contribution is -2.40. The Kier molecular flexibility index (Phi) is 5.05. The van der Waals surface area contributed by atoms with Gasteiger partial charge in [0.25, 0.3) is 0 Å². The lowest BCUT2D eigenvalue weighted by Gasteiger charge is -2.34. The molecule has 2 N–H and O–H groups in total. The van der Waals surface area contributed by atoms with Crippen molar-refractivity contribution in [3.63, 3.8) is 0 Å². The second kappa shape index (κ2) is 5.87. The molecule has 0 aromatic heterocycles. The molecule has 0 aromatic rings. The molecule has 0 bridgehead atoms. The van der Waals surface area contributed by atoms with Crippen LogP contribution in [0.15, 0.2) is 0 Å². The topological polar surface area (TPSA) is 29.3 Å². The quantitative estimate of drug-likeness (QED) is 0.814. The van der Waals surface area contributed by atoms with Gasteiger partial charge in [0.05, 0.1) is 5.92 Å². The molecule has 1 unspecified atom stereocenters. The van der Waals surface area contributed by atoms with Gasteiger partial charge in [-0.3, -0.25) is 0 Å². The normalized spacial score (nSPS) is 22.3. The number of nitrogens with two attached hydrogens (primary N) is 1. The van der Waals surface area contributed by atoms with E-state index in [1.807, 2.05) is 0 Å².